The monoisotopic (exact) mass is 670 g/mol. The lowest BCUT2D eigenvalue weighted by atomic mass is 10.1. The van der Waals surface area contributed by atoms with Crippen LogP contribution < -0.4 is 31.2 Å². The van der Waals surface area contributed by atoms with E-state index in [2.05, 4.69) is 53.6 Å². The molecule has 0 aliphatic carbocycles. The Bertz CT molecular complexity index is 1460. The van der Waals surface area contributed by atoms with Crippen LogP contribution in [0.3, 0.4) is 0 Å². The van der Waals surface area contributed by atoms with E-state index in [1.54, 1.807) is 12.1 Å². The summed E-state index contributed by atoms with van der Waals surface area (Å²) in [6.45, 7) is -0.664. The first-order valence-electron chi connectivity index (χ1n) is 12.1. The first-order valence-corrected chi connectivity index (χ1v) is 13.7. The molecule has 12 heteroatoms. The summed E-state index contributed by atoms with van der Waals surface area (Å²) in [5.74, 6) is -1.38. The second-order valence-electron chi connectivity index (χ2n) is 8.47. The molecule has 4 N–H and O–H groups in total. The molecule has 0 fully saturated rings. The highest BCUT2D eigenvalue weighted by molar-refractivity contribution is 9.11. The highest BCUT2D eigenvalue weighted by Gasteiger charge is 2.13. The minimum atomic E-state index is -0.591. The first-order chi connectivity index (χ1) is 19.3. The molecule has 0 spiro atoms. The van der Waals surface area contributed by atoms with Crippen LogP contribution in [0.2, 0.25) is 0 Å². The van der Waals surface area contributed by atoms with Crippen LogP contribution in [0.1, 0.15) is 12.8 Å². The third-order valence-electron chi connectivity index (χ3n) is 5.64. The zero-order valence-corrected chi connectivity index (χ0v) is 24.1. The number of hydrogen-bond acceptors (Lipinski definition) is 6. The zero-order chi connectivity index (χ0) is 28.5. The van der Waals surface area contributed by atoms with E-state index in [0.29, 0.717) is 20.4 Å². The molecule has 0 radical (unpaired) electrons. The highest BCUT2D eigenvalue weighted by atomic mass is 79.9. The minimum absolute atomic E-state index is 0.223. The number of hydrogen-bond donors (Lipinski definition) is 4. The van der Waals surface area contributed by atoms with Crippen molar-refractivity contribution in [1.29, 1.82) is 0 Å². The Morgan fingerprint density at radius 1 is 0.525 bits per heavy atom. The van der Waals surface area contributed by atoms with Crippen LogP contribution in [-0.2, 0) is 19.2 Å². The summed E-state index contributed by atoms with van der Waals surface area (Å²) in [7, 11) is 0. The Kier molecular flexibility index (Phi) is 9.92. The fraction of sp³-hybridized carbons (Fsp3) is 0.143. The quantitative estimate of drug-likeness (QED) is 0.198. The number of halogens is 2. The number of benzene rings is 4. The van der Waals surface area contributed by atoms with Crippen LogP contribution in [0, 0.1) is 0 Å². The zero-order valence-electron chi connectivity index (χ0n) is 21.0. The lowest BCUT2D eigenvalue weighted by Gasteiger charge is -2.12. The summed E-state index contributed by atoms with van der Waals surface area (Å²) in [4.78, 5) is 48.1. The first kappa shape index (κ1) is 28.8. The maximum Gasteiger partial charge on any atom is 0.276 e. The molecule has 0 unspecified atom stereocenters. The largest absolute Gasteiger partial charge is 0.483 e. The highest BCUT2D eigenvalue weighted by Crippen LogP contribution is 2.34. The van der Waals surface area contributed by atoms with Gasteiger partial charge in [-0.15, -0.1) is 0 Å². The Balaban J connectivity index is 1.11. The average Bonchev–Trinajstić information content (AvgIpc) is 2.97. The van der Waals surface area contributed by atoms with Crippen LogP contribution >= 0.6 is 31.9 Å². The van der Waals surface area contributed by atoms with E-state index in [-0.39, 0.29) is 26.1 Å². The Morgan fingerprint density at radius 3 is 1.32 bits per heavy atom. The van der Waals surface area contributed by atoms with Crippen molar-refractivity contribution in [1.82, 2.24) is 21.7 Å². The molecule has 4 amide bonds. The SMILES string of the molecule is O=C(CCC(=O)NNC(=O)COc1ccc2ccccc2c1Br)NNC(=O)COc1ccc2ccccc2c1Br. The van der Waals surface area contributed by atoms with Crippen molar-refractivity contribution in [3.63, 3.8) is 0 Å². The van der Waals surface area contributed by atoms with E-state index in [0.717, 1.165) is 21.5 Å². The van der Waals surface area contributed by atoms with Gasteiger partial charge in [-0.05, 0) is 65.5 Å². The third kappa shape index (κ3) is 7.70. The fourth-order valence-corrected chi connectivity index (χ4v) is 4.86. The van der Waals surface area contributed by atoms with Crippen molar-refractivity contribution < 1.29 is 28.7 Å². The summed E-state index contributed by atoms with van der Waals surface area (Å²) in [5, 5.41) is 3.91. The molecule has 4 aromatic carbocycles. The molecule has 0 aromatic heterocycles. The number of carbonyl (C=O) groups is 4. The lowest BCUT2D eigenvalue weighted by molar-refractivity contribution is -0.132. The van der Waals surface area contributed by atoms with Gasteiger partial charge in [0.1, 0.15) is 11.5 Å². The van der Waals surface area contributed by atoms with Gasteiger partial charge in [0.2, 0.25) is 11.8 Å². The topological polar surface area (TPSA) is 135 Å². The Hall–Kier alpha value is -4.16. The van der Waals surface area contributed by atoms with Gasteiger partial charge in [-0.1, -0.05) is 60.7 Å². The molecule has 0 atom stereocenters. The van der Waals surface area contributed by atoms with Gasteiger partial charge in [0, 0.05) is 12.8 Å². The number of rotatable bonds is 9. The number of fused-ring (bicyclic) bond motifs is 2. The van der Waals surface area contributed by atoms with Crippen LogP contribution in [0.4, 0.5) is 0 Å². The molecule has 0 heterocycles. The number of nitrogens with one attached hydrogen (secondary N) is 4. The van der Waals surface area contributed by atoms with Gasteiger partial charge in [-0.25, -0.2) is 0 Å². The predicted octanol–water partition coefficient (Wildman–Crippen LogP) is 4.05. The molecule has 4 aromatic rings. The number of carbonyl (C=O) groups excluding carboxylic acids is 4. The molecule has 0 saturated carbocycles. The molecule has 40 heavy (non-hydrogen) atoms. The molecular formula is C28H24Br2N4O6. The van der Waals surface area contributed by atoms with Crippen LogP contribution in [0.15, 0.2) is 81.7 Å². The van der Waals surface area contributed by atoms with Crippen molar-refractivity contribution in [3.8, 4) is 11.5 Å². The minimum Gasteiger partial charge on any atom is -0.483 e. The van der Waals surface area contributed by atoms with Gasteiger partial charge in [0.05, 0.1) is 8.95 Å². The standard InChI is InChI=1S/C28H24Br2N4O6/c29-27-19-7-3-1-5-17(19)9-11-21(27)39-15-25(37)33-31-23(35)13-14-24(36)32-34-26(38)16-40-22-12-10-18-6-2-4-8-20(18)28(22)30/h1-12H,13-16H2,(H,31,35)(H,32,36)(H,33,37)(H,34,38). The number of amides is 4. The molecule has 206 valence electrons. The van der Waals surface area contributed by atoms with Gasteiger partial charge >= 0.3 is 0 Å². The van der Waals surface area contributed by atoms with E-state index >= 15 is 0 Å². The molecule has 0 bridgehead atoms. The van der Waals surface area contributed by atoms with E-state index < -0.39 is 23.6 Å². The maximum absolute atomic E-state index is 12.1. The number of hydrazine groups is 2. The summed E-state index contributed by atoms with van der Waals surface area (Å²) >= 11 is 6.96. The smallest absolute Gasteiger partial charge is 0.276 e. The molecule has 0 saturated heterocycles. The van der Waals surface area contributed by atoms with Crippen LogP contribution in [0.25, 0.3) is 21.5 Å². The summed E-state index contributed by atoms with van der Waals surface area (Å²) in [6, 6.07) is 22.6. The van der Waals surface area contributed by atoms with Gasteiger partial charge in [-0.3, -0.25) is 40.9 Å². The van der Waals surface area contributed by atoms with Crippen molar-refractivity contribution in [3.05, 3.63) is 81.7 Å². The second-order valence-corrected chi connectivity index (χ2v) is 10.1. The van der Waals surface area contributed by atoms with Gasteiger partial charge in [0.25, 0.3) is 11.8 Å². The molecule has 0 aliphatic rings. The predicted molar refractivity (Wildman–Crippen MR) is 156 cm³/mol. The summed E-state index contributed by atoms with van der Waals surface area (Å²) in [6.07, 6.45) is -0.445. The molecular weight excluding hydrogens is 648 g/mol. The lowest BCUT2D eigenvalue weighted by Crippen LogP contribution is -2.45. The van der Waals surface area contributed by atoms with E-state index in [1.807, 2.05) is 60.7 Å². The van der Waals surface area contributed by atoms with Crippen LogP contribution in [0.5, 0.6) is 11.5 Å². The van der Waals surface area contributed by atoms with E-state index in [4.69, 9.17) is 9.47 Å². The van der Waals surface area contributed by atoms with Crippen molar-refractivity contribution in [2.24, 2.45) is 0 Å². The summed E-state index contributed by atoms with van der Waals surface area (Å²) < 4.78 is 12.5. The molecule has 10 nitrogen and oxygen atoms in total. The van der Waals surface area contributed by atoms with Crippen molar-refractivity contribution in [2.75, 3.05) is 13.2 Å². The third-order valence-corrected chi connectivity index (χ3v) is 7.27. The Labute approximate surface area is 246 Å². The van der Waals surface area contributed by atoms with E-state index in [9.17, 15) is 19.2 Å². The van der Waals surface area contributed by atoms with E-state index in [1.165, 1.54) is 0 Å². The van der Waals surface area contributed by atoms with Gasteiger partial charge in [-0.2, -0.15) is 0 Å². The van der Waals surface area contributed by atoms with Crippen LogP contribution in [-0.4, -0.2) is 36.8 Å². The number of ether oxygens (including phenoxy) is 2. The maximum atomic E-state index is 12.1. The average molecular weight is 672 g/mol. The van der Waals surface area contributed by atoms with Gasteiger partial charge in [0.15, 0.2) is 13.2 Å². The normalized spacial score (nSPS) is 10.6. The van der Waals surface area contributed by atoms with Crippen molar-refractivity contribution >= 4 is 77.0 Å². The second kappa shape index (κ2) is 13.8. The summed E-state index contributed by atoms with van der Waals surface area (Å²) in [5.41, 5.74) is 8.90. The van der Waals surface area contributed by atoms with Crippen molar-refractivity contribution in [2.45, 2.75) is 12.8 Å². The fourth-order valence-electron chi connectivity index (χ4n) is 3.64. The Morgan fingerprint density at radius 2 is 0.900 bits per heavy atom. The molecule has 0 aliphatic heterocycles. The van der Waals surface area contributed by atoms with Gasteiger partial charge < -0.3 is 9.47 Å². The molecule has 4 rings (SSSR count).